The molecule has 0 atom stereocenters. The summed E-state index contributed by atoms with van der Waals surface area (Å²) in [5.74, 6) is 0.766. The highest BCUT2D eigenvalue weighted by Gasteiger charge is 2.03. The first-order valence-corrected chi connectivity index (χ1v) is 6.10. The number of rotatable bonds is 6. The molecule has 1 amide bonds. The van der Waals surface area contributed by atoms with E-state index >= 15 is 0 Å². The number of hydrogen-bond donors (Lipinski definition) is 2. The molecule has 100 valence electrons. The third kappa shape index (κ3) is 4.18. The quantitative estimate of drug-likeness (QED) is 0.778. The second-order valence-electron chi connectivity index (χ2n) is 4.17. The van der Waals surface area contributed by atoms with Gasteiger partial charge in [0, 0.05) is 13.6 Å². The molecule has 0 aliphatic rings. The molecule has 1 aromatic carbocycles. The highest BCUT2D eigenvalue weighted by Crippen LogP contribution is 1.96. The Morgan fingerprint density at radius 1 is 1.26 bits per heavy atom. The molecule has 19 heavy (non-hydrogen) atoms. The predicted molar refractivity (Wildman–Crippen MR) is 71.0 cm³/mol. The molecule has 0 aliphatic heterocycles. The Morgan fingerprint density at radius 2 is 2.05 bits per heavy atom. The fourth-order valence-corrected chi connectivity index (χ4v) is 1.63. The molecule has 0 radical (unpaired) electrons. The van der Waals surface area contributed by atoms with E-state index in [4.69, 9.17) is 0 Å². The normalized spacial score (nSPS) is 10.4. The number of aromatic nitrogens is 3. The lowest BCUT2D eigenvalue weighted by atomic mass is 10.2. The summed E-state index contributed by atoms with van der Waals surface area (Å²) in [6, 6.07) is 9.82. The van der Waals surface area contributed by atoms with Crippen LogP contribution in [0.15, 0.2) is 36.7 Å². The van der Waals surface area contributed by atoms with Crippen molar-refractivity contribution in [2.45, 2.75) is 13.1 Å². The van der Waals surface area contributed by atoms with Crippen molar-refractivity contribution in [3.8, 4) is 0 Å². The first kappa shape index (κ1) is 13.2. The molecule has 0 saturated heterocycles. The largest absolute Gasteiger partial charge is 0.351 e. The lowest BCUT2D eigenvalue weighted by molar-refractivity contribution is -0.120. The fourth-order valence-electron chi connectivity index (χ4n) is 1.63. The summed E-state index contributed by atoms with van der Waals surface area (Å²) in [4.78, 5) is 15.7. The molecular weight excluding hydrogens is 242 g/mol. The van der Waals surface area contributed by atoms with E-state index in [0.29, 0.717) is 13.1 Å². The van der Waals surface area contributed by atoms with Gasteiger partial charge in [-0.3, -0.25) is 9.48 Å². The molecule has 0 fully saturated rings. The summed E-state index contributed by atoms with van der Waals surface area (Å²) in [7, 11) is 1.82. The van der Waals surface area contributed by atoms with Crippen LogP contribution in [0.4, 0.5) is 0 Å². The summed E-state index contributed by atoms with van der Waals surface area (Å²) in [6.07, 6.45) is 1.49. The van der Waals surface area contributed by atoms with Gasteiger partial charge in [-0.05, 0) is 5.56 Å². The zero-order chi connectivity index (χ0) is 13.5. The summed E-state index contributed by atoms with van der Waals surface area (Å²) >= 11 is 0. The monoisotopic (exact) mass is 259 g/mol. The van der Waals surface area contributed by atoms with Crippen LogP contribution in [-0.2, 0) is 24.9 Å². The smallest absolute Gasteiger partial charge is 0.234 e. The average Bonchev–Trinajstić information content (AvgIpc) is 2.83. The van der Waals surface area contributed by atoms with E-state index in [1.54, 1.807) is 4.68 Å². The summed E-state index contributed by atoms with van der Waals surface area (Å²) < 4.78 is 1.68. The third-order valence-corrected chi connectivity index (χ3v) is 2.71. The van der Waals surface area contributed by atoms with Gasteiger partial charge in [-0.1, -0.05) is 30.3 Å². The molecule has 2 aromatic rings. The van der Waals surface area contributed by atoms with Gasteiger partial charge in [0.1, 0.15) is 12.2 Å². The first-order valence-electron chi connectivity index (χ1n) is 6.10. The Kier molecular flexibility index (Phi) is 4.63. The van der Waals surface area contributed by atoms with Crippen LogP contribution >= 0.6 is 0 Å². The van der Waals surface area contributed by atoms with Gasteiger partial charge in [0.25, 0.3) is 0 Å². The molecule has 0 unspecified atom stereocenters. The Morgan fingerprint density at radius 3 is 2.74 bits per heavy atom. The lowest BCUT2D eigenvalue weighted by Crippen LogP contribution is -2.33. The SMILES string of the molecule is Cn1ncnc1CNCC(=O)NCc1ccccc1. The number of hydrogen-bond acceptors (Lipinski definition) is 4. The zero-order valence-electron chi connectivity index (χ0n) is 10.8. The maximum atomic E-state index is 11.6. The number of carbonyl (C=O) groups is 1. The minimum atomic E-state index is -0.0361. The van der Waals surface area contributed by atoms with E-state index in [9.17, 15) is 4.79 Å². The van der Waals surface area contributed by atoms with Crippen LogP contribution in [0.3, 0.4) is 0 Å². The van der Waals surface area contributed by atoms with Gasteiger partial charge < -0.3 is 10.6 Å². The van der Waals surface area contributed by atoms with Crippen molar-refractivity contribution in [3.63, 3.8) is 0 Å². The molecule has 0 bridgehead atoms. The molecule has 6 nitrogen and oxygen atoms in total. The standard InChI is InChI=1S/C13H17N5O/c1-18-12(16-10-17-18)8-14-9-13(19)15-7-11-5-3-2-4-6-11/h2-6,10,14H,7-9H2,1H3,(H,15,19). The van der Waals surface area contributed by atoms with E-state index in [1.807, 2.05) is 37.4 Å². The van der Waals surface area contributed by atoms with Gasteiger partial charge in [0.15, 0.2) is 0 Å². The second kappa shape index (κ2) is 6.65. The van der Waals surface area contributed by atoms with E-state index in [0.717, 1.165) is 11.4 Å². The molecule has 6 heteroatoms. The summed E-state index contributed by atoms with van der Waals surface area (Å²) in [6.45, 7) is 1.33. The molecule has 0 spiro atoms. The minimum absolute atomic E-state index is 0.0361. The number of carbonyl (C=O) groups excluding carboxylic acids is 1. The fraction of sp³-hybridized carbons (Fsp3) is 0.308. The van der Waals surface area contributed by atoms with Crippen molar-refractivity contribution in [1.29, 1.82) is 0 Å². The molecule has 2 N–H and O–H groups in total. The van der Waals surface area contributed by atoms with Gasteiger partial charge in [0.2, 0.25) is 5.91 Å². The molecule has 2 rings (SSSR count). The van der Waals surface area contributed by atoms with Crippen LogP contribution in [0.25, 0.3) is 0 Å². The van der Waals surface area contributed by atoms with Crippen LogP contribution in [0, 0.1) is 0 Å². The van der Waals surface area contributed by atoms with Crippen LogP contribution < -0.4 is 10.6 Å². The van der Waals surface area contributed by atoms with Crippen LogP contribution in [0.1, 0.15) is 11.4 Å². The Balaban J connectivity index is 1.66. The topological polar surface area (TPSA) is 71.8 Å². The third-order valence-electron chi connectivity index (χ3n) is 2.71. The molecule has 0 saturated carbocycles. The Labute approximate surface area is 111 Å². The number of amides is 1. The lowest BCUT2D eigenvalue weighted by Gasteiger charge is -2.06. The highest BCUT2D eigenvalue weighted by molar-refractivity contribution is 5.77. The van der Waals surface area contributed by atoms with Gasteiger partial charge in [-0.15, -0.1) is 0 Å². The van der Waals surface area contributed by atoms with Crippen LogP contribution in [0.5, 0.6) is 0 Å². The van der Waals surface area contributed by atoms with E-state index < -0.39 is 0 Å². The van der Waals surface area contributed by atoms with Crippen molar-refractivity contribution in [1.82, 2.24) is 25.4 Å². The van der Waals surface area contributed by atoms with Crippen molar-refractivity contribution >= 4 is 5.91 Å². The molecule has 1 aromatic heterocycles. The van der Waals surface area contributed by atoms with Gasteiger partial charge in [0.05, 0.1) is 13.1 Å². The second-order valence-corrected chi connectivity index (χ2v) is 4.17. The van der Waals surface area contributed by atoms with Crippen LogP contribution in [-0.4, -0.2) is 27.2 Å². The first-order chi connectivity index (χ1) is 9.25. The minimum Gasteiger partial charge on any atom is -0.351 e. The predicted octanol–water partition coefficient (Wildman–Crippen LogP) is 0.221. The van der Waals surface area contributed by atoms with Gasteiger partial charge >= 0.3 is 0 Å². The maximum Gasteiger partial charge on any atom is 0.234 e. The summed E-state index contributed by atoms with van der Waals surface area (Å²) in [5, 5.41) is 9.83. The average molecular weight is 259 g/mol. The Hall–Kier alpha value is -2.21. The van der Waals surface area contributed by atoms with Gasteiger partial charge in [-0.25, -0.2) is 4.98 Å². The number of nitrogens with one attached hydrogen (secondary N) is 2. The molecule has 1 heterocycles. The summed E-state index contributed by atoms with van der Waals surface area (Å²) in [5.41, 5.74) is 1.09. The number of benzene rings is 1. The van der Waals surface area contributed by atoms with Crippen molar-refractivity contribution in [2.75, 3.05) is 6.54 Å². The molecular formula is C13H17N5O. The van der Waals surface area contributed by atoms with Gasteiger partial charge in [-0.2, -0.15) is 5.10 Å². The Bertz CT molecular complexity index is 523. The van der Waals surface area contributed by atoms with Crippen molar-refractivity contribution in [3.05, 3.63) is 48.0 Å². The number of aryl methyl sites for hydroxylation is 1. The highest BCUT2D eigenvalue weighted by atomic mass is 16.1. The van der Waals surface area contributed by atoms with E-state index in [1.165, 1.54) is 6.33 Å². The van der Waals surface area contributed by atoms with Crippen molar-refractivity contribution in [2.24, 2.45) is 7.05 Å². The maximum absolute atomic E-state index is 11.6. The van der Waals surface area contributed by atoms with Crippen LogP contribution in [0.2, 0.25) is 0 Å². The zero-order valence-corrected chi connectivity index (χ0v) is 10.8. The number of nitrogens with zero attached hydrogens (tertiary/aromatic N) is 3. The van der Waals surface area contributed by atoms with E-state index in [-0.39, 0.29) is 12.5 Å². The molecule has 0 aliphatic carbocycles. The van der Waals surface area contributed by atoms with Crippen molar-refractivity contribution < 1.29 is 4.79 Å². The van der Waals surface area contributed by atoms with E-state index in [2.05, 4.69) is 20.7 Å².